The van der Waals surface area contributed by atoms with E-state index in [1.54, 1.807) is 16.5 Å². The number of nitrogen functional groups attached to an aromatic ring is 1. The number of nitrogens with two attached hydrogens (primary N) is 1. The van der Waals surface area contributed by atoms with Gasteiger partial charge in [-0.2, -0.15) is 18.3 Å². The quantitative estimate of drug-likeness (QED) is 0.711. The first-order valence-electron chi connectivity index (χ1n) is 10.1. The van der Waals surface area contributed by atoms with Gasteiger partial charge in [0, 0.05) is 31.1 Å². The Morgan fingerprint density at radius 1 is 1.22 bits per heavy atom. The third-order valence-corrected chi connectivity index (χ3v) is 6.14. The van der Waals surface area contributed by atoms with E-state index in [4.69, 9.17) is 5.73 Å². The van der Waals surface area contributed by atoms with E-state index in [1.165, 1.54) is 19.2 Å². The van der Waals surface area contributed by atoms with Crippen molar-refractivity contribution in [2.45, 2.75) is 32.0 Å². The highest BCUT2D eigenvalue weighted by Gasteiger charge is 2.54. The summed E-state index contributed by atoms with van der Waals surface area (Å²) in [7, 11) is 1.45. The summed E-state index contributed by atoms with van der Waals surface area (Å²) in [5, 5.41) is 7.03. The SMILES string of the molecule is CC#CC(=O)N1CC2(CC(n3nc(-c4ccc(C(F)(F)F)cc4)c(C(=O)NC)c3N)C2)C1. The van der Waals surface area contributed by atoms with Crippen LogP contribution in [0.1, 0.15) is 41.7 Å². The van der Waals surface area contributed by atoms with E-state index in [9.17, 15) is 22.8 Å². The van der Waals surface area contributed by atoms with E-state index in [1.807, 2.05) is 0 Å². The predicted molar refractivity (Wildman–Crippen MR) is 111 cm³/mol. The maximum absolute atomic E-state index is 12.9. The van der Waals surface area contributed by atoms with Gasteiger partial charge < -0.3 is 16.0 Å². The number of hydrogen-bond donors (Lipinski definition) is 2. The van der Waals surface area contributed by atoms with Crippen molar-refractivity contribution in [1.82, 2.24) is 20.0 Å². The summed E-state index contributed by atoms with van der Waals surface area (Å²) in [4.78, 5) is 26.0. The lowest BCUT2D eigenvalue weighted by Gasteiger charge is -2.58. The van der Waals surface area contributed by atoms with Gasteiger partial charge in [0.05, 0.1) is 11.6 Å². The zero-order chi connectivity index (χ0) is 23.3. The van der Waals surface area contributed by atoms with Crippen LogP contribution in [0.15, 0.2) is 24.3 Å². The molecule has 1 aromatic carbocycles. The first-order valence-corrected chi connectivity index (χ1v) is 10.1. The predicted octanol–water partition coefficient (Wildman–Crippen LogP) is 2.70. The van der Waals surface area contributed by atoms with Crippen molar-refractivity contribution in [2.75, 3.05) is 25.9 Å². The van der Waals surface area contributed by atoms with Crippen molar-refractivity contribution in [1.29, 1.82) is 0 Å². The Morgan fingerprint density at radius 2 is 1.84 bits per heavy atom. The Hall–Kier alpha value is -3.48. The number of anilines is 1. The highest BCUT2D eigenvalue weighted by atomic mass is 19.4. The topological polar surface area (TPSA) is 93.2 Å². The van der Waals surface area contributed by atoms with Gasteiger partial charge in [-0.25, -0.2) is 4.68 Å². The minimum atomic E-state index is -4.46. The second-order valence-corrected chi connectivity index (χ2v) is 8.31. The summed E-state index contributed by atoms with van der Waals surface area (Å²) >= 11 is 0. The van der Waals surface area contributed by atoms with Crippen molar-refractivity contribution in [3.63, 3.8) is 0 Å². The molecule has 10 heteroatoms. The van der Waals surface area contributed by atoms with Crippen LogP contribution >= 0.6 is 0 Å². The van der Waals surface area contributed by atoms with Crippen LogP contribution < -0.4 is 11.1 Å². The van der Waals surface area contributed by atoms with Crippen LogP contribution in [0.3, 0.4) is 0 Å². The standard InChI is InChI=1S/C22H22F3N5O2/c1-3-4-16(31)29-11-21(12-29)9-15(10-21)30-19(26)17(20(32)27-2)18(28-30)13-5-7-14(8-6-13)22(23,24)25/h5-8,15H,9-12,26H2,1-2H3,(H,27,32). The van der Waals surface area contributed by atoms with Crippen molar-refractivity contribution >= 4 is 17.6 Å². The Kier molecular flexibility index (Phi) is 5.15. The Bertz CT molecular complexity index is 1130. The van der Waals surface area contributed by atoms with Gasteiger partial charge in [0.1, 0.15) is 17.1 Å². The van der Waals surface area contributed by atoms with Gasteiger partial charge in [-0.1, -0.05) is 18.1 Å². The maximum atomic E-state index is 12.9. The fourth-order valence-electron chi connectivity index (χ4n) is 4.56. The Balaban J connectivity index is 1.58. The molecule has 1 saturated carbocycles. The van der Waals surface area contributed by atoms with Gasteiger partial charge in [0.2, 0.25) is 0 Å². The van der Waals surface area contributed by atoms with E-state index < -0.39 is 17.6 Å². The number of carbonyl (C=O) groups excluding carboxylic acids is 2. The lowest BCUT2D eigenvalue weighted by Crippen LogP contribution is -2.63. The minimum Gasteiger partial charge on any atom is -0.383 e. The van der Waals surface area contributed by atoms with Gasteiger partial charge in [-0.05, 0) is 37.8 Å². The molecule has 1 saturated heterocycles. The van der Waals surface area contributed by atoms with Gasteiger partial charge in [-0.15, -0.1) is 0 Å². The number of benzene rings is 1. The average molecular weight is 445 g/mol. The molecule has 32 heavy (non-hydrogen) atoms. The average Bonchev–Trinajstić information content (AvgIpc) is 3.02. The van der Waals surface area contributed by atoms with Crippen LogP contribution in [-0.4, -0.2) is 46.6 Å². The molecular formula is C22H22F3N5O2. The maximum Gasteiger partial charge on any atom is 0.416 e. The number of nitrogens with zero attached hydrogens (tertiary/aromatic N) is 3. The Labute approximate surface area is 182 Å². The largest absolute Gasteiger partial charge is 0.416 e. The molecule has 2 aliphatic rings. The van der Waals surface area contributed by atoms with Gasteiger partial charge >= 0.3 is 6.18 Å². The highest BCUT2D eigenvalue weighted by Crippen LogP contribution is 2.54. The molecular weight excluding hydrogens is 423 g/mol. The third-order valence-electron chi connectivity index (χ3n) is 6.14. The third kappa shape index (κ3) is 3.57. The van der Waals surface area contributed by atoms with Gasteiger partial charge in [0.25, 0.3) is 11.8 Å². The van der Waals surface area contributed by atoms with Crippen molar-refractivity contribution in [3.8, 4) is 23.1 Å². The molecule has 1 aromatic heterocycles. The number of halogens is 3. The number of amides is 2. The fourth-order valence-corrected chi connectivity index (χ4v) is 4.56. The zero-order valence-electron chi connectivity index (χ0n) is 17.6. The number of aromatic nitrogens is 2. The molecule has 2 heterocycles. The molecule has 2 aromatic rings. The Morgan fingerprint density at radius 3 is 2.38 bits per heavy atom. The summed E-state index contributed by atoms with van der Waals surface area (Å²) in [6, 6.07) is 4.42. The number of hydrogen-bond acceptors (Lipinski definition) is 4. The normalized spacial score (nSPS) is 17.2. The molecule has 1 spiro atoms. The van der Waals surface area contributed by atoms with Crippen LogP contribution in [-0.2, 0) is 11.0 Å². The molecule has 0 atom stereocenters. The summed E-state index contributed by atoms with van der Waals surface area (Å²) in [6.45, 7) is 2.85. The van der Waals surface area contributed by atoms with Crippen LogP contribution in [0.4, 0.5) is 19.0 Å². The summed E-state index contributed by atoms with van der Waals surface area (Å²) in [6.07, 6.45) is -2.98. The van der Waals surface area contributed by atoms with Gasteiger partial charge in [0.15, 0.2) is 0 Å². The molecule has 0 bridgehead atoms. The van der Waals surface area contributed by atoms with E-state index in [-0.39, 0.29) is 34.4 Å². The zero-order valence-corrected chi connectivity index (χ0v) is 17.6. The van der Waals surface area contributed by atoms with E-state index in [0.29, 0.717) is 18.7 Å². The molecule has 0 unspecified atom stereocenters. The molecule has 1 aliphatic carbocycles. The first kappa shape index (κ1) is 21.7. The van der Waals surface area contributed by atoms with E-state index >= 15 is 0 Å². The molecule has 0 radical (unpaired) electrons. The van der Waals surface area contributed by atoms with Gasteiger partial charge in [-0.3, -0.25) is 9.59 Å². The van der Waals surface area contributed by atoms with Crippen LogP contribution in [0, 0.1) is 17.3 Å². The molecule has 168 valence electrons. The molecule has 2 amide bonds. The highest BCUT2D eigenvalue weighted by molar-refractivity contribution is 6.04. The number of nitrogens with one attached hydrogen (secondary N) is 1. The van der Waals surface area contributed by atoms with Crippen LogP contribution in [0.5, 0.6) is 0 Å². The van der Waals surface area contributed by atoms with Crippen molar-refractivity contribution in [3.05, 3.63) is 35.4 Å². The monoisotopic (exact) mass is 445 g/mol. The first-order chi connectivity index (χ1) is 15.1. The lowest BCUT2D eigenvalue weighted by atomic mass is 9.60. The van der Waals surface area contributed by atoms with E-state index in [2.05, 4.69) is 22.3 Å². The van der Waals surface area contributed by atoms with Crippen molar-refractivity contribution < 1.29 is 22.8 Å². The second kappa shape index (κ2) is 7.58. The summed E-state index contributed by atoms with van der Waals surface area (Å²) in [5.74, 6) is 4.65. The number of likely N-dealkylation sites (tertiary alicyclic amines) is 1. The lowest BCUT2D eigenvalue weighted by molar-refractivity contribution is -0.148. The molecule has 1 aliphatic heterocycles. The number of alkyl halides is 3. The molecule has 3 N–H and O–H groups in total. The minimum absolute atomic E-state index is 0.00413. The van der Waals surface area contributed by atoms with Crippen LogP contribution in [0.25, 0.3) is 11.3 Å². The molecule has 4 rings (SSSR count). The summed E-state index contributed by atoms with van der Waals surface area (Å²) in [5.41, 5.74) is 6.22. The smallest absolute Gasteiger partial charge is 0.383 e. The van der Waals surface area contributed by atoms with Crippen LogP contribution in [0.2, 0.25) is 0 Å². The summed E-state index contributed by atoms with van der Waals surface area (Å²) < 4.78 is 40.3. The molecule has 7 nitrogen and oxygen atoms in total. The van der Waals surface area contributed by atoms with E-state index in [0.717, 1.165) is 25.0 Å². The number of carbonyl (C=O) groups is 2. The number of rotatable bonds is 3. The fraction of sp³-hybridized carbons (Fsp3) is 0.409. The van der Waals surface area contributed by atoms with Crippen molar-refractivity contribution in [2.24, 2.45) is 5.41 Å². The second-order valence-electron chi connectivity index (χ2n) is 8.31. The molecule has 2 fully saturated rings.